The minimum Gasteiger partial charge on any atom is -0.356 e. The van der Waals surface area contributed by atoms with Crippen LogP contribution in [0.3, 0.4) is 0 Å². The molecule has 0 radical (unpaired) electrons. The second-order valence-electron chi connectivity index (χ2n) is 4.48. The van der Waals surface area contributed by atoms with Crippen LogP contribution in [0.25, 0.3) is 0 Å². The summed E-state index contributed by atoms with van der Waals surface area (Å²) in [4.78, 5) is 33.1. The van der Waals surface area contributed by atoms with Crippen LogP contribution in [0.2, 0.25) is 0 Å². The molecule has 0 saturated carbocycles. The van der Waals surface area contributed by atoms with Crippen LogP contribution in [0.15, 0.2) is 0 Å². The van der Waals surface area contributed by atoms with Crippen LogP contribution in [0.4, 0.5) is 4.79 Å². The van der Waals surface area contributed by atoms with Crippen molar-refractivity contribution < 1.29 is 14.4 Å². The first kappa shape index (κ1) is 16.4. The smallest absolute Gasteiger partial charge is 0.318 e. The maximum absolute atomic E-state index is 11.4. The Labute approximate surface area is 107 Å². The number of hydrogen-bond acceptors (Lipinski definition) is 4. The number of amides is 4. The average molecular weight is 258 g/mol. The van der Waals surface area contributed by atoms with E-state index in [1.54, 1.807) is 6.92 Å². The highest BCUT2D eigenvalue weighted by atomic mass is 16.2. The van der Waals surface area contributed by atoms with E-state index in [0.717, 1.165) is 0 Å². The van der Waals surface area contributed by atoms with E-state index in [1.807, 2.05) is 19.2 Å². The first-order chi connectivity index (χ1) is 8.32. The summed E-state index contributed by atoms with van der Waals surface area (Å²) in [6, 6.07) is -1.46. The van der Waals surface area contributed by atoms with Gasteiger partial charge in [-0.2, -0.15) is 0 Å². The Morgan fingerprint density at radius 1 is 1.17 bits per heavy atom. The Morgan fingerprint density at radius 2 is 1.78 bits per heavy atom. The molecule has 0 aromatic heterocycles. The molecule has 0 bridgehead atoms. The van der Waals surface area contributed by atoms with Crippen molar-refractivity contribution in [2.45, 2.75) is 33.2 Å². The first-order valence-electron chi connectivity index (χ1n) is 5.93. The minimum atomic E-state index is -0.886. The SMILES string of the molecule is CC(C)CNC(=O)CCNC(C)C(=O)NC(N)=O. The molecule has 4 amide bonds. The first-order valence-corrected chi connectivity index (χ1v) is 5.93. The summed E-state index contributed by atoms with van der Waals surface area (Å²) in [5.41, 5.74) is 4.81. The molecule has 1 atom stereocenters. The van der Waals surface area contributed by atoms with Gasteiger partial charge in [-0.15, -0.1) is 0 Å². The van der Waals surface area contributed by atoms with Gasteiger partial charge in [0, 0.05) is 19.5 Å². The van der Waals surface area contributed by atoms with E-state index in [1.165, 1.54) is 0 Å². The lowest BCUT2D eigenvalue weighted by Gasteiger charge is -2.12. The summed E-state index contributed by atoms with van der Waals surface area (Å²) in [7, 11) is 0. The van der Waals surface area contributed by atoms with Crippen LogP contribution < -0.4 is 21.7 Å². The van der Waals surface area contributed by atoms with Crippen molar-refractivity contribution in [1.82, 2.24) is 16.0 Å². The monoisotopic (exact) mass is 258 g/mol. The minimum absolute atomic E-state index is 0.0706. The van der Waals surface area contributed by atoms with Gasteiger partial charge in [0.1, 0.15) is 0 Å². The predicted molar refractivity (Wildman–Crippen MR) is 67.7 cm³/mol. The Morgan fingerprint density at radius 3 is 2.28 bits per heavy atom. The van der Waals surface area contributed by atoms with Gasteiger partial charge in [-0.1, -0.05) is 13.8 Å². The lowest BCUT2D eigenvalue weighted by atomic mass is 10.2. The van der Waals surface area contributed by atoms with Crippen molar-refractivity contribution in [3.05, 3.63) is 0 Å². The van der Waals surface area contributed by atoms with Gasteiger partial charge in [0.05, 0.1) is 6.04 Å². The number of carbonyl (C=O) groups is 3. The quantitative estimate of drug-likeness (QED) is 0.484. The number of carbonyl (C=O) groups excluding carboxylic acids is 3. The number of rotatable bonds is 7. The van der Waals surface area contributed by atoms with Crippen LogP contribution in [0, 0.1) is 5.92 Å². The molecule has 0 aliphatic carbocycles. The predicted octanol–water partition coefficient (Wildman–Crippen LogP) is -0.678. The van der Waals surface area contributed by atoms with Crippen molar-refractivity contribution >= 4 is 17.8 Å². The third-order valence-corrected chi connectivity index (χ3v) is 2.15. The molecule has 0 spiro atoms. The van der Waals surface area contributed by atoms with Gasteiger partial charge in [0.15, 0.2) is 0 Å². The number of nitrogens with two attached hydrogens (primary N) is 1. The molecule has 0 fully saturated rings. The van der Waals surface area contributed by atoms with Crippen LogP contribution in [-0.4, -0.2) is 37.0 Å². The van der Waals surface area contributed by atoms with Gasteiger partial charge < -0.3 is 16.4 Å². The van der Waals surface area contributed by atoms with E-state index in [4.69, 9.17) is 5.73 Å². The normalized spacial score (nSPS) is 12.0. The molecule has 0 saturated heterocycles. The molecule has 18 heavy (non-hydrogen) atoms. The molecule has 7 heteroatoms. The fourth-order valence-electron chi connectivity index (χ4n) is 1.13. The summed E-state index contributed by atoms with van der Waals surface area (Å²) >= 11 is 0. The zero-order chi connectivity index (χ0) is 14.1. The fraction of sp³-hybridized carbons (Fsp3) is 0.727. The van der Waals surface area contributed by atoms with Gasteiger partial charge in [-0.25, -0.2) is 4.79 Å². The third kappa shape index (κ3) is 8.51. The van der Waals surface area contributed by atoms with E-state index < -0.39 is 18.0 Å². The summed E-state index contributed by atoms with van der Waals surface area (Å²) < 4.78 is 0. The zero-order valence-corrected chi connectivity index (χ0v) is 11.1. The molecule has 104 valence electrons. The number of imide groups is 1. The van der Waals surface area contributed by atoms with Gasteiger partial charge >= 0.3 is 6.03 Å². The van der Waals surface area contributed by atoms with Crippen LogP contribution in [0.1, 0.15) is 27.2 Å². The zero-order valence-electron chi connectivity index (χ0n) is 11.1. The van der Waals surface area contributed by atoms with Gasteiger partial charge in [0.25, 0.3) is 0 Å². The van der Waals surface area contributed by atoms with Crippen LogP contribution in [-0.2, 0) is 9.59 Å². The molecule has 7 nitrogen and oxygen atoms in total. The molecule has 5 N–H and O–H groups in total. The largest absolute Gasteiger partial charge is 0.356 e. The van der Waals surface area contributed by atoms with Gasteiger partial charge in [0.2, 0.25) is 11.8 Å². The van der Waals surface area contributed by atoms with Gasteiger partial charge in [-0.05, 0) is 12.8 Å². The van der Waals surface area contributed by atoms with Crippen LogP contribution >= 0.6 is 0 Å². The van der Waals surface area contributed by atoms with E-state index in [2.05, 4.69) is 10.6 Å². The Hall–Kier alpha value is -1.63. The maximum atomic E-state index is 11.4. The van der Waals surface area contributed by atoms with Gasteiger partial charge in [-0.3, -0.25) is 14.9 Å². The van der Waals surface area contributed by atoms with Crippen molar-refractivity contribution in [2.24, 2.45) is 11.7 Å². The average Bonchev–Trinajstić information content (AvgIpc) is 2.25. The Balaban J connectivity index is 3.73. The van der Waals surface area contributed by atoms with Crippen molar-refractivity contribution in [3.8, 4) is 0 Å². The molecular formula is C11H22N4O3. The van der Waals surface area contributed by atoms with Crippen molar-refractivity contribution in [1.29, 1.82) is 0 Å². The van der Waals surface area contributed by atoms with Crippen molar-refractivity contribution in [3.63, 3.8) is 0 Å². The molecule has 0 aromatic carbocycles. The molecule has 0 rings (SSSR count). The topological polar surface area (TPSA) is 113 Å². The highest BCUT2D eigenvalue weighted by Gasteiger charge is 2.13. The summed E-state index contributed by atoms with van der Waals surface area (Å²) in [5, 5.41) is 7.55. The lowest BCUT2D eigenvalue weighted by Crippen LogP contribution is -2.47. The molecule has 0 aromatic rings. The second-order valence-corrected chi connectivity index (χ2v) is 4.48. The van der Waals surface area contributed by atoms with E-state index >= 15 is 0 Å². The summed E-state index contributed by atoms with van der Waals surface area (Å²) in [5.74, 6) is -0.175. The maximum Gasteiger partial charge on any atom is 0.318 e. The second kappa shape index (κ2) is 8.46. The summed E-state index contributed by atoms with van der Waals surface area (Å²) in [6.45, 7) is 6.60. The van der Waals surface area contributed by atoms with E-state index in [-0.39, 0.29) is 12.3 Å². The summed E-state index contributed by atoms with van der Waals surface area (Å²) in [6.07, 6.45) is 0.279. The highest BCUT2D eigenvalue weighted by Crippen LogP contribution is 1.89. The lowest BCUT2D eigenvalue weighted by molar-refractivity contribution is -0.123. The highest BCUT2D eigenvalue weighted by molar-refractivity contribution is 5.96. The molecule has 1 unspecified atom stereocenters. The molecule has 0 aliphatic rings. The molecular weight excluding hydrogens is 236 g/mol. The molecule has 0 aliphatic heterocycles. The fourth-order valence-corrected chi connectivity index (χ4v) is 1.13. The Kier molecular flexibility index (Phi) is 7.69. The van der Waals surface area contributed by atoms with Crippen LogP contribution in [0.5, 0.6) is 0 Å². The number of urea groups is 1. The van der Waals surface area contributed by atoms with E-state index in [9.17, 15) is 14.4 Å². The third-order valence-electron chi connectivity index (χ3n) is 2.15. The van der Waals surface area contributed by atoms with E-state index in [0.29, 0.717) is 19.0 Å². The molecule has 0 heterocycles. The standard InChI is InChI=1S/C11H22N4O3/c1-7(2)6-14-9(16)4-5-13-8(3)10(17)15-11(12)18/h7-8,13H,4-6H2,1-3H3,(H,14,16)(H3,12,15,17,18). The number of nitrogens with one attached hydrogen (secondary N) is 3. The van der Waals surface area contributed by atoms with Crippen molar-refractivity contribution in [2.75, 3.05) is 13.1 Å². The number of primary amides is 1. The number of hydrogen-bond donors (Lipinski definition) is 4. The Bertz CT molecular complexity index is 305.